The first-order valence-electron chi connectivity index (χ1n) is 8.70. The zero-order valence-electron chi connectivity index (χ0n) is 16.7. The van der Waals surface area contributed by atoms with E-state index in [9.17, 15) is 18.8 Å². The minimum absolute atomic E-state index is 0.120. The van der Waals surface area contributed by atoms with Gasteiger partial charge in [-0.3, -0.25) is 19.1 Å². The van der Waals surface area contributed by atoms with Gasteiger partial charge >= 0.3 is 11.7 Å². The van der Waals surface area contributed by atoms with Crippen LogP contribution in [-0.2, 0) is 24.4 Å². The molecule has 0 aromatic carbocycles. The highest BCUT2D eigenvalue weighted by molar-refractivity contribution is 6.13. The van der Waals surface area contributed by atoms with Gasteiger partial charge in [0.05, 0.1) is 28.6 Å². The second-order valence-electron chi connectivity index (χ2n) is 8.42. The third kappa shape index (κ3) is 4.07. The molecule has 3 atom stereocenters. The van der Waals surface area contributed by atoms with Crippen LogP contribution < -0.4 is 11.2 Å². The zero-order chi connectivity index (χ0) is 20.8. The molecule has 1 aliphatic rings. The summed E-state index contributed by atoms with van der Waals surface area (Å²) in [7, 11) is 0.251. The Morgan fingerprint density at radius 1 is 1.41 bits per heavy atom. The molecule has 1 aromatic rings. The number of hydrogen-bond acceptors (Lipinski definition) is 6. The summed E-state index contributed by atoms with van der Waals surface area (Å²) in [5.74, 6) is -1.59. The SMILES string of the molecule is CC(=O)O[C@@H]1[C@@H](COC(C)(C)C)O[C@@]([SiH3])(n2cc(F)c(=O)[nH]c2=O)C1(C)C. The lowest BCUT2D eigenvalue weighted by atomic mass is 9.83. The number of nitrogens with zero attached hydrogens (tertiary/aromatic N) is 1. The van der Waals surface area contributed by atoms with Crippen molar-refractivity contribution < 1.29 is 23.4 Å². The Balaban J connectivity index is 2.53. The number of halogens is 1. The van der Waals surface area contributed by atoms with Crippen LogP contribution in [-0.4, -0.2) is 50.2 Å². The lowest BCUT2D eigenvalue weighted by Gasteiger charge is -2.39. The number of aromatic amines is 1. The molecule has 27 heavy (non-hydrogen) atoms. The van der Waals surface area contributed by atoms with E-state index < -0.39 is 51.6 Å². The summed E-state index contributed by atoms with van der Waals surface area (Å²) in [6, 6.07) is 0. The lowest BCUT2D eigenvalue weighted by molar-refractivity contribution is -0.156. The molecule has 1 fully saturated rings. The third-order valence-corrected chi connectivity index (χ3v) is 6.96. The van der Waals surface area contributed by atoms with E-state index in [0.29, 0.717) is 0 Å². The number of ether oxygens (including phenoxy) is 3. The first-order valence-corrected chi connectivity index (χ1v) is 9.70. The number of aromatic nitrogens is 2. The first-order chi connectivity index (χ1) is 12.2. The average Bonchev–Trinajstić information content (AvgIpc) is 2.69. The van der Waals surface area contributed by atoms with Crippen molar-refractivity contribution in [2.45, 2.75) is 64.7 Å². The van der Waals surface area contributed by atoms with Gasteiger partial charge in [-0.1, -0.05) is 13.8 Å². The fourth-order valence-corrected chi connectivity index (χ4v) is 4.14. The molecule has 0 spiro atoms. The van der Waals surface area contributed by atoms with E-state index in [1.807, 2.05) is 25.8 Å². The Kier molecular flexibility index (Phi) is 5.57. The Morgan fingerprint density at radius 2 is 2.00 bits per heavy atom. The molecule has 0 bridgehead atoms. The maximum atomic E-state index is 13.9. The molecule has 152 valence electrons. The smallest absolute Gasteiger partial charge is 0.330 e. The molecule has 1 N–H and O–H groups in total. The second-order valence-corrected chi connectivity index (χ2v) is 9.78. The van der Waals surface area contributed by atoms with Gasteiger partial charge in [-0.2, -0.15) is 4.39 Å². The number of rotatable bonds is 4. The summed E-state index contributed by atoms with van der Waals surface area (Å²) in [4.78, 5) is 37.4. The van der Waals surface area contributed by atoms with Gasteiger partial charge in [-0.15, -0.1) is 0 Å². The molecular weight excluding hydrogens is 375 g/mol. The van der Waals surface area contributed by atoms with Crippen LogP contribution in [0.2, 0.25) is 0 Å². The van der Waals surface area contributed by atoms with Crippen molar-refractivity contribution in [2.75, 3.05) is 6.61 Å². The Bertz CT molecular complexity index is 843. The van der Waals surface area contributed by atoms with Crippen LogP contribution >= 0.6 is 0 Å². The van der Waals surface area contributed by atoms with E-state index in [4.69, 9.17) is 14.2 Å². The maximum absolute atomic E-state index is 13.9. The highest BCUT2D eigenvalue weighted by Gasteiger charge is 2.61. The number of carbonyl (C=O) groups is 1. The number of H-pyrrole nitrogens is 1. The number of carbonyl (C=O) groups excluding carboxylic acids is 1. The van der Waals surface area contributed by atoms with Crippen LogP contribution in [0.15, 0.2) is 15.8 Å². The van der Waals surface area contributed by atoms with Crippen LogP contribution in [0.1, 0.15) is 41.5 Å². The molecular formula is C17H27FN2O6Si. The van der Waals surface area contributed by atoms with Gasteiger partial charge in [0, 0.05) is 12.3 Å². The molecule has 0 aliphatic carbocycles. The Labute approximate surface area is 159 Å². The highest BCUT2D eigenvalue weighted by Crippen LogP contribution is 2.49. The van der Waals surface area contributed by atoms with E-state index in [1.54, 1.807) is 13.8 Å². The van der Waals surface area contributed by atoms with Gasteiger partial charge in [0.1, 0.15) is 17.6 Å². The normalized spacial score (nSPS) is 27.7. The second kappa shape index (κ2) is 6.99. The van der Waals surface area contributed by atoms with Gasteiger partial charge in [0.2, 0.25) is 5.82 Å². The van der Waals surface area contributed by atoms with Crippen LogP contribution in [0.25, 0.3) is 0 Å². The van der Waals surface area contributed by atoms with Crippen LogP contribution in [0.5, 0.6) is 0 Å². The number of nitrogens with one attached hydrogen (secondary N) is 1. The third-order valence-electron chi connectivity index (χ3n) is 4.96. The quantitative estimate of drug-likeness (QED) is 0.554. The van der Waals surface area contributed by atoms with Crippen molar-refractivity contribution in [3.8, 4) is 0 Å². The molecule has 8 nitrogen and oxygen atoms in total. The van der Waals surface area contributed by atoms with Crippen molar-refractivity contribution in [2.24, 2.45) is 5.41 Å². The molecule has 0 amide bonds. The van der Waals surface area contributed by atoms with Crippen molar-refractivity contribution in [3.05, 3.63) is 32.9 Å². The first kappa shape index (κ1) is 21.5. The van der Waals surface area contributed by atoms with Crippen molar-refractivity contribution in [3.63, 3.8) is 0 Å². The average molecular weight is 402 g/mol. The molecule has 2 rings (SSSR count). The Morgan fingerprint density at radius 3 is 2.52 bits per heavy atom. The molecule has 0 radical (unpaired) electrons. The number of esters is 1. The van der Waals surface area contributed by atoms with E-state index in [-0.39, 0.29) is 16.8 Å². The largest absolute Gasteiger partial charge is 0.459 e. The summed E-state index contributed by atoms with van der Waals surface area (Å²) in [5, 5.41) is -1.26. The van der Waals surface area contributed by atoms with Gasteiger partial charge in [-0.25, -0.2) is 4.79 Å². The minimum atomic E-state index is -1.26. The van der Waals surface area contributed by atoms with Crippen LogP contribution in [0, 0.1) is 11.2 Å². The summed E-state index contributed by atoms with van der Waals surface area (Å²) in [5.41, 5.74) is -3.22. The fourth-order valence-electron chi connectivity index (χ4n) is 3.22. The molecule has 2 heterocycles. The highest BCUT2D eigenvalue weighted by atomic mass is 28.1. The standard InChI is InChI=1S/C17H27FN2O6Si/c1-9(21)25-12-11(8-24-15(2,3)4)26-17(27,16(12,5)6)20-7-10(18)13(22)19-14(20)23/h7,11-12H,8H2,1-6,27H3,(H,19,22,23)/t11-,12-,17+/m1/s1. The fraction of sp³-hybridized carbons (Fsp3) is 0.706. The molecule has 1 aliphatic heterocycles. The summed E-state index contributed by atoms with van der Waals surface area (Å²) >= 11 is 0. The van der Waals surface area contributed by atoms with E-state index in [2.05, 4.69) is 0 Å². The van der Waals surface area contributed by atoms with Crippen LogP contribution in [0.3, 0.4) is 0 Å². The summed E-state index contributed by atoms with van der Waals surface area (Å²) < 4.78 is 32.4. The molecule has 0 saturated carbocycles. The van der Waals surface area contributed by atoms with E-state index >= 15 is 0 Å². The molecule has 0 unspecified atom stereocenters. The van der Waals surface area contributed by atoms with Crippen molar-refractivity contribution in [1.82, 2.24) is 9.55 Å². The summed E-state index contributed by atoms with van der Waals surface area (Å²) in [6.45, 7) is 10.6. The van der Waals surface area contributed by atoms with Gasteiger partial charge in [0.25, 0.3) is 5.56 Å². The maximum Gasteiger partial charge on any atom is 0.330 e. The van der Waals surface area contributed by atoms with E-state index in [0.717, 1.165) is 10.8 Å². The molecule has 1 aromatic heterocycles. The summed E-state index contributed by atoms with van der Waals surface area (Å²) in [6.07, 6.45) is -0.549. The lowest BCUT2D eigenvalue weighted by Crippen LogP contribution is -2.54. The predicted molar refractivity (Wildman–Crippen MR) is 99.1 cm³/mol. The Hall–Kier alpha value is -1.78. The monoisotopic (exact) mass is 402 g/mol. The van der Waals surface area contributed by atoms with Gasteiger partial charge in [0.15, 0.2) is 0 Å². The molecule has 1 saturated heterocycles. The molecule has 10 heteroatoms. The van der Waals surface area contributed by atoms with Crippen molar-refractivity contribution in [1.29, 1.82) is 0 Å². The minimum Gasteiger partial charge on any atom is -0.459 e. The van der Waals surface area contributed by atoms with Crippen molar-refractivity contribution >= 4 is 16.2 Å². The van der Waals surface area contributed by atoms with E-state index in [1.165, 1.54) is 6.92 Å². The number of hydrogen-bond donors (Lipinski definition) is 1. The zero-order valence-corrected chi connectivity index (χ0v) is 18.7. The van der Waals surface area contributed by atoms with Crippen LogP contribution in [0.4, 0.5) is 4.39 Å². The van der Waals surface area contributed by atoms with Gasteiger partial charge < -0.3 is 14.2 Å². The predicted octanol–water partition coefficient (Wildman–Crippen LogP) is -0.177. The van der Waals surface area contributed by atoms with Gasteiger partial charge in [-0.05, 0) is 20.8 Å². The topological polar surface area (TPSA) is 99.6 Å².